The highest BCUT2D eigenvalue weighted by Gasteiger charge is 2.09. The van der Waals surface area contributed by atoms with E-state index in [0.29, 0.717) is 13.0 Å². The van der Waals surface area contributed by atoms with E-state index in [1.54, 1.807) is 0 Å². The lowest BCUT2D eigenvalue weighted by atomic mass is 10.1. The fraction of sp³-hybridized carbons (Fsp3) is 0.818. The Labute approximate surface area is 85.8 Å². The molecule has 0 bridgehead atoms. The second kappa shape index (κ2) is 6.71. The Morgan fingerprint density at radius 2 is 1.50 bits per heavy atom. The molecule has 0 aromatic carbocycles. The van der Waals surface area contributed by atoms with Gasteiger partial charge in [-0.25, -0.2) is 0 Å². The van der Waals surface area contributed by atoms with Crippen LogP contribution in [-0.4, -0.2) is 24.8 Å². The van der Waals surface area contributed by atoms with Gasteiger partial charge >= 0.3 is 0 Å². The summed E-state index contributed by atoms with van der Waals surface area (Å²) < 4.78 is 5.11. The third kappa shape index (κ3) is 5.86. The first-order valence-corrected chi connectivity index (χ1v) is 5.08. The van der Waals surface area contributed by atoms with Crippen molar-refractivity contribution >= 4 is 11.6 Å². The van der Waals surface area contributed by atoms with Crippen LogP contribution in [0.25, 0.3) is 0 Å². The molecule has 0 atom stereocenters. The van der Waals surface area contributed by atoms with E-state index >= 15 is 0 Å². The third-order valence-electron chi connectivity index (χ3n) is 2.03. The Morgan fingerprint density at radius 3 is 1.93 bits per heavy atom. The number of carbonyl (C=O) groups excluding carboxylic acids is 2. The average Bonchev–Trinajstić information content (AvgIpc) is 2.11. The van der Waals surface area contributed by atoms with Crippen molar-refractivity contribution in [2.45, 2.75) is 34.1 Å². The summed E-state index contributed by atoms with van der Waals surface area (Å²) in [5.74, 6) is 0.333. The van der Waals surface area contributed by atoms with Gasteiger partial charge in [0, 0.05) is 18.3 Å². The number of carbonyl (C=O) groups is 2. The summed E-state index contributed by atoms with van der Waals surface area (Å²) in [4.78, 5) is 22.3. The SMILES string of the molecule is CC(C)C(=O)CCOCC(=O)C(C)C. The predicted molar refractivity (Wildman–Crippen MR) is 55.1 cm³/mol. The summed E-state index contributed by atoms with van der Waals surface area (Å²) in [6.07, 6.45) is 0.406. The van der Waals surface area contributed by atoms with Gasteiger partial charge in [0.15, 0.2) is 5.78 Å². The van der Waals surface area contributed by atoms with Gasteiger partial charge < -0.3 is 4.74 Å². The topological polar surface area (TPSA) is 43.4 Å². The summed E-state index contributed by atoms with van der Waals surface area (Å²) >= 11 is 0. The van der Waals surface area contributed by atoms with Gasteiger partial charge in [-0.3, -0.25) is 9.59 Å². The molecule has 0 saturated heterocycles. The maximum Gasteiger partial charge on any atom is 0.160 e. The van der Waals surface area contributed by atoms with Crippen molar-refractivity contribution in [3.05, 3.63) is 0 Å². The lowest BCUT2D eigenvalue weighted by Gasteiger charge is -2.06. The Bertz CT molecular complexity index is 173. The molecule has 0 aromatic rings. The molecule has 82 valence electrons. The molecule has 0 aliphatic carbocycles. The summed E-state index contributed by atoms with van der Waals surface area (Å²) in [5.41, 5.74) is 0. The van der Waals surface area contributed by atoms with E-state index in [2.05, 4.69) is 0 Å². The number of ketones is 2. The van der Waals surface area contributed by atoms with Crippen LogP contribution in [0.2, 0.25) is 0 Å². The summed E-state index contributed by atoms with van der Waals surface area (Å²) in [7, 11) is 0. The second-order valence-corrected chi connectivity index (χ2v) is 4.04. The normalized spacial score (nSPS) is 11.0. The molecule has 0 fully saturated rings. The van der Waals surface area contributed by atoms with E-state index < -0.39 is 0 Å². The second-order valence-electron chi connectivity index (χ2n) is 4.04. The molecule has 14 heavy (non-hydrogen) atoms. The zero-order chi connectivity index (χ0) is 11.1. The number of hydrogen-bond acceptors (Lipinski definition) is 3. The van der Waals surface area contributed by atoms with Crippen LogP contribution < -0.4 is 0 Å². The molecule has 3 nitrogen and oxygen atoms in total. The summed E-state index contributed by atoms with van der Waals surface area (Å²) in [6, 6.07) is 0. The van der Waals surface area contributed by atoms with Crippen LogP contribution in [0, 0.1) is 11.8 Å². The van der Waals surface area contributed by atoms with Crippen molar-refractivity contribution in [2.75, 3.05) is 13.2 Å². The highest BCUT2D eigenvalue weighted by molar-refractivity contribution is 5.82. The van der Waals surface area contributed by atoms with Gasteiger partial charge in [0.2, 0.25) is 0 Å². The lowest BCUT2D eigenvalue weighted by molar-refractivity contribution is -0.128. The first-order valence-electron chi connectivity index (χ1n) is 5.08. The lowest BCUT2D eigenvalue weighted by Crippen LogP contribution is -2.17. The predicted octanol–water partition coefficient (Wildman–Crippen LogP) is 1.84. The van der Waals surface area contributed by atoms with Gasteiger partial charge in [-0.05, 0) is 0 Å². The molecule has 0 heterocycles. The van der Waals surface area contributed by atoms with E-state index in [0.717, 1.165) is 0 Å². The minimum atomic E-state index is 0.0100. The summed E-state index contributed by atoms with van der Waals surface area (Å²) in [5, 5.41) is 0. The maximum atomic E-state index is 11.2. The standard InChI is InChI=1S/C11H20O3/c1-8(2)10(12)5-6-14-7-11(13)9(3)4/h8-9H,5-7H2,1-4H3. The van der Waals surface area contributed by atoms with Crippen molar-refractivity contribution in [1.29, 1.82) is 0 Å². The first kappa shape index (κ1) is 13.3. The molecule has 0 radical (unpaired) electrons. The molecule has 0 spiro atoms. The van der Waals surface area contributed by atoms with E-state index in [-0.39, 0.29) is 30.0 Å². The minimum Gasteiger partial charge on any atom is -0.373 e. The van der Waals surface area contributed by atoms with E-state index in [1.165, 1.54) is 0 Å². The van der Waals surface area contributed by atoms with Crippen LogP contribution in [0.1, 0.15) is 34.1 Å². The van der Waals surface area contributed by atoms with Crippen molar-refractivity contribution in [3.63, 3.8) is 0 Å². The van der Waals surface area contributed by atoms with Gasteiger partial charge in [0.1, 0.15) is 12.4 Å². The average molecular weight is 200 g/mol. The van der Waals surface area contributed by atoms with Crippen molar-refractivity contribution < 1.29 is 14.3 Å². The third-order valence-corrected chi connectivity index (χ3v) is 2.03. The summed E-state index contributed by atoms with van der Waals surface area (Å²) in [6.45, 7) is 7.89. The molecule has 0 rings (SSSR count). The fourth-order valence-corrected chi connectivity index (χ4v) is 0.801. The van der Waals surface area contributed by atoms with Crippen LogP contribution >= 0.6 is 0 Å². The molecule has 0 amide bonds. The van der Waals surface area contributed by atoms with Gasteiger partial charge in [-0.1, -0.05) is 27.7 Å². The molecule has 0 aliphatic rings. The van der Waals surface area contributed by atoms with Crippen molar-refractivity contribution in [2.24, 2.45) is 11.8 Å². The smallest absolute Gasteiger partial charge is 0.160 e. The van der Waals surface area contributed by atoms with Crippen LogP contribution in [0.15, 0.2) is 0 Å². The number of rotatable bonds is 7. The van der Waals surface area contributed by atoms with Crippen LogP contribution in [0.5, 0.6) is 0 Å². The maximum absolute atomic E-state index is 11.2. The number of Topliss-reactive ketones (excluding diaryl/α,β-unsaturated/α-hetero) is 2. The van der Waals surface area contributed by atoms with Gasteiger partial charge in [-0.2, -0.15) is 0 Å². The number of ether oxygens (including phenoxy) is 1. The Balaban J connectivity index is 3.48. The monoisotopic (exact) mass is 200 g/mol. The van der Waals surface area contributed by atoms with Gasteiger partial charge in [-0.15, -0.1) is 0 Å². The zero-order valence-corrected chi connectivity index (χ0v) is 9.50. The highest BCUT2D eigenvalue weighted by atomic mass is 16.5. The highest BCUT2D eigenvalue weighted by Crippen LogP contribution is 2.00. The zero-order valence-electron chi connectivity index (χ0n) is 9.50. The Hall–Kier alpha value is -0.700. The molecule has 0 aromatic heterocycles. The fourth-order valence-electron chi connectivity index (χ4n) is 0.801. The van der Waals surface area contributed by atoms with Crippen molar-refractivity contribution in [1.82, 2.24) is 0 Å². The Morgan fingerprint density at radius 1 is 1.00 bits per heavy atom. The number of hydrogen-bond donors (Lipinski definition) is 0. The molecule has 0 aliphatic heterocycles. The van der Waals surface area contributed by atoms with Crippen LogP contribution in [-0.2, 0) is 14.3 Å². The van der Waals surface area contributed by atoms with E-state index in [4.69, 9.17) is 4.74 Å². The van der Waals surface area contributed by atoms with Crippen LogP contribution in [0.4, 0.5) is 0 Å². The van der Waals surface area contributed by atoms with E-state index in [9.17, 15) is 9.59 Å². The first-order chi connectivity index (χ1) is 6.45. The molecule has 3 heteroatoms. The molecular formula is C11H20O3. The molecule has 0 saturated carbocycles. The quantitative estimate of drug-likeness (QED) is 0.589. The van der Waals surface area contributed by atoms with Gasteiger partial charge in [0.25, 0.3) is 0 Å². The van der Waals surface area contributed by atoms with Crippen LogP contribution in [0.3, 0.4) is 0 Å². The van der Waals surface area contributed by atoms with E-state index in [1.807, 2.05) is 27.7 Å². The van der Waals surface area contributed by atoms with Gasteiger partial charge in [0.05, 0.1) is 6.61 Å². The molecule has 0 N–H and O–H groups in total. The Kier molecular flexibility index (Phi) is 6.37. The largest absolute Gasteiger partial charge is 0.373 e. The minimum absolute atomic E-state index is 0.0100. The van der Waals surface area contributed by atoms with Crippen molar-refractivity contribution in [3.8, 4) is 0 Å². The molecular weight excluding hydrogens is 180 g/mol. The molecule has 0 unspecified atom stereocenters.